The van der Waals surface area contributed by atoms with Crippen LogP contribution in [-0.2, 0) is 32.2 Å². The van der Waals surface area contributed by atoms with E-state index in [-0.39, 0.29) is 35.7 Å². The van der Waals surface area contributed by atoms with Gasteiger partial charge in [-0.1, -0.05) is 12.1 Å². The number of ether oxygens (including phenoxy) is 4. The molecule has 0 aromatic heterocycles. The zero-order valence-electron chi connectivity index (χ0n) is 20.2. The van der Waals surface area contributed by atoms with Crippen molar-refractivity contribution in [2.45, 2.75) is 51.7 Å². The maximum absolute atomic E-state index is 14.6. The van der Waals surface area contributed by atoms with E-state index in [9.17, 15) is 28.3 Å². The Kier molecular flexibility index (Phi) is 9.56. The van der Waals surface area contributed by atoms with Gasteiger partial charge in [0.2, 0.25) is 12.2 Å². The van der Waals surface area contributed by atoms with Crippen molar-refractivity contribution in [3.05, 3.63) is 59.2 Å². The summed E-state index contributed by atoms with van der Waals surface area (Å²) in [6.45, 7) is 4.74. The predicted molar refractivity (Wildman–Crippen MR) is 122 cm³/mol. The number of carboxylic acid groups (broad SMARTS) is 1. The number of alkyl carbamates (subject to hydrolysis) is 1. The van der Waals surface area contributed by atoms with Gasteiger partial charge in [-0.15, -0.1) is 0 Å². The number of carbonyl (C=O) groups is 3. The number of benzene rings is 2. The van der Waals surface area contributed by atoms with E-state index < -0.39 is 47.5 Å². The van der Waals surface area contributed by atoms with Crippen LogP contribution in [0.25, 0.3) is 0 Å². The molecule has 0 saturated heterocycles. The standard InChI is InChI=1S/C24H28F2N2O8/c1-24(2,3)36-23(32)28-12-14-6-8-16(10-18(14)26)35-20(22(31)33-4)19(21(29)30)34-15-7-5-13(11-27)17(25)9-15/h5-10,19-20H,11-12,27H2,1-4H3,(H,28,32)(H,29,30). The van der Waals surface area contributed by atoms with Crippen LogP contribution in [0, 0.1) is 11.6 Å². The number of hydrogen-bond donors (Lipinski definition) is 3. The first-order chi connectivity index (χ1) is 16.8. The Morgan fingerprint density at radius 2 is 1.50 bits per heavy atom. The molecule has 0 bridgehead atoms. The van der Waals surface area contributed by atoms with Crippen molar-refractivity contribution in [3.63, 3.8) is 0 Å². The third-order valence-electron chi connectivity index (χ3n) is 4.57. The van der Waals surface area contributed by atoms with E-state index in [4.69, 9.17) is 19.9 Å². The van der Waals surface area contributed by atoms with Gasteiger partial charge in [0.25, 0.3) is 0 Å². The van der Waals surface area contributed by atoms with E-state index >= 15 is 0 Å². The fraction of sp³-hybridized carbons (Fsp3) is 0.375. The van der Waals surface area contributed by atoms with Gasteiger partial charge in [0.1, 0.15) is 28.7 Å². The number of aliphatic carboxylic acids is 1. The summed E-state index contributed by atoms with van der Waals surface area (Å²) in [5.41, 5.74) is 4.92. The average molecular weight is 510 g/mol. The van der Waals surface area contributed by atoms with Crippen molar-refractivity contribution in [2.24, 2.45) is 5.73 Å². The summed E-state index contributed by atoms with van der Waals surface area (Å²) in [5.74, 6) is -4.70. The Labute approximate surface area is 206 Å². The number of amides is 1. The second-order valence-electron chi connectivity index (χ2n) is 8.50. The largest absolute Gasteiger partial charge is 0.478 e. The molecule has 0 aliphatic rings. The molecular weight excluding hydrogens is 482 g/mol. The van der Waals surface area contributed by atoms with E-state index in [0.29, 0.717) is 0 Å². The molecule has 1 amide bonds. The summed E-state index contributed by atoms with van der Waals surface area (Å²) in [6.07, 6.45) is -4.60. The highest BCUT2D eigenvalue weighted by Gasteiger charge is 2.39. The molecule has 2 aromatic carbocycles. The number of carboxylic acids is 1. The van der Waals surface area contributed by atoms with Crippen molar-refractivity contribution >= 4 is 18.0 Å². The van der Waals surface area contributed by atoms with E-state index in [1.54, 1.807) is 20.8 Å². The van der Waals surface area contributed by atoms with Crippen LogP contribution in [0.15, 0.2) is 36.4 Å². The normalized spacial score (nSPS) is 12.8. The van der Waals surface area contributed by atoms with Crippen molar-refractivity contribution in [2.75, 3.05) is 7.11 Å². The second kappa shape index (κ2) is 12.2. The summed E-state index contributed by atoms with van der Waals surface area (Å²) in [4.78, 5) is 36.0. The number of carbonyl (C=O) groups excluding carboxylic acids is 2. The third-order valence-corrected chi connectivity index (χ3v) is 4.57. The Balaban J connectivity index is 2.21. The molecule has 0 spiro atoms. The Morgan fingerprint density at radius 3 is 1.94 bits per heavy atom. The molecule has 4 N–H and O–H groups in total. The summed E-state index contributed by atoms with van der Waals surface area (Å²) < 4.78 is 49.1. The lowest BCUT2D eigenvalue weighted by Crippen LogP contribution is -2.48. The van der Waals surface area contributed by atoms with Gasteiger partial charge in [0.15, 0.2) is 0 Å². The molecule has 0 radical (unpaired) electrons. The van der Waals surface area contributed by atoms with Gasteiger partial charge >= 0.3 is 18.0 Å². The minimum atomic E-state index is -1.97. The van der Waals surface area contributed by atoms with Gasteiger partial charge in [0, 0.05) is 36.3 Å². The molecule has 0 heterocycles. The Bertz CT molecular complexity index is 1100. The van der Waals surface area contributed by atoms with E-state index in [1.165, 1.54) is 24.3 Å². The zero-order valence-corrected chi connectivity index (χ0v) is 20.2. The van der Waals surface area contributed by atoms with Gasteiger partial charge in [0.05, 0.1) is 7.11 Å². The third kappa shape index (κ3) is 8.08. The van der Waals surface area contributed by atoms with E-state index in [1.807, 2.05) is 0 Å². The smallest absolute Gasteiger partial charge is 0.407 e. The SMILES string of the molecule is COC(=O)C(Oc1ccc(CNC(=O)OC(C)(C)C)c(F)c1)C(Oc1ccc(CN)c(F)c1)C(=O)O. The monoisotopic (exact) mass is 510 g/mol. The summed E-state index contributed by atoms with van der Waals surface area (Å²) in [6, 6.07) is 6.93. The van der Waals surface area contributed by atoms with Crippen LogP contribution in [0.2, 0.25) is 0 Å². The van der Waals surface area contributed by atoms with Gasteiger partial charge in [-0.2, -0.15) is 0 Å². The van der Waals surface area contributed by atoms with Crippen molar-refractivity contribution < 1.29 is 47.2 Å². The fourth-order valence-electron chi connectivity index (χ4n) is 2.88. The maximum atomic E-state index is 14.6. The zero-order chi connectivity index (χ0) is 27.0. The van der Waals surface area contributed by atoms with Crippen molar-refractivity contribution in [3.8, 4) is 11.5 Å². The number of methoxy groups -OCH3 is 1. The molecule has 2 rings (SSSR count). The number of nitrogens with two attached hydrogens (primary N) is 1. The highest BCUT2D eigenvalue weighted by Crippen LogP contribution is 2.23. The molecule has 2 unspecified atom stereocenters. The first-order valence-corrected chi connectivity index (χ1v) is 10.7. The minimum Gasteiger partial charge on any atom is -0.478 e. The van der Waals surface area contributed by atoms with Crippen molar-refractivity contribution in [1.29, 1.82) is 0 Å². The number of nitrogens with one attached hydrogen (secondary N) is 1. The van der Waals surface area contributed by atoms with Crippen LogP contribution < -0.4 is 20.5 Å². The highest BCUT2D eigenvalue weighted by molar-refractivity contribution is 5.85. The van der Waals surface area contributed by atoms with Crippen LogP contribution in [-0.4, -0.2) is 48.1 Å². The van der Waals surface area contributed by atoms with Crippen LogP contribution in [0.5, 0.6) is 11.5 Å². The molecule has 0 fully saturated rings. The van der Waals surface area contributed by atoms with E-state index in [2.05, 4.69) is 10.1 Å². The molecule has 2 aromatic rings. The molecule has 0 aliphatic heterocycles. The van der Waals surface area contributed by atoms with Gasteiger partial charge in [-0.25, -0.2) is 23.2 Å². The van der Waals surface area contributed by atoms with Crippen LogP contribution >= 0.6 is 0 Å². The first kappa shape index (κ1) is 28.3. The average Bonchev–Trinajstić information content (AvgIpc) is 2.79. The first-order valence-electron chi connectivity index (χ1n) is 10.7. The molecule has 36 heavy (non-hydrogen) atoms. The Hall–Kier alpha value is -3.93. The van der Waals surface area contributed by atoms with E-state index in [0.717, 1.165) is 19.2 Å². The second-order valence-corrected chi connectivity index (χ2v) is 8.50. The molecule has 12 heteroatoms. The quantitative estimate of drug-likeness (QED) is 0.411. The Morgan fingerprint density at radius 1 is 0.972 bits per heavy atom. The summed E-state index contributed by atoms with van der Waals surface area (Å²) in [5, 5.41) is 12.1. The molecule has 196 valence electrons. The lowest BCUT2D eigenvalue weighted by atomic mass is 10.1. The summed E-state index contributed by atoms with van der Waals surface area (Å²) >= 11 is 0. The van der Waals surface area contributed by atoms with Crippen molar-refractivity contribution in [1.82, 2.24) is 5.32 Å². The van der Waals surface area contributed by atoms with Gasteiger partial charge < -0.3 is 35.1 Å². The highest BCUT2D eigenvalue weighted by atomic mass is 19.1. The maximum Gasteiger partial charge on any atom is 0.407 e. The lowest BCUT2D eigenvalue weighted by molar-refractivity contribution is -0.163. The van der Waals surface area contributed by atoms with Crippen LogP contribution in [0.4, 0.5) is 13.6 Å². The topological polar surface area (TPSA) is 146 Å². The lowest BCUT2D eigenvalue weighted by Gasteiger charge is -2.24. The molecular formula is C24H28F2N2O8. The van der Waals surface area contributed by atoms with Crippen LogP contribution in [0.1, 0.15) is 31.9 Å². The number of rotatable bonds is 10. The molecule has 10 nitrogen and oxygen atoms in total. The van der Waals surface area contributed by atoms with Crippen LogP contribution in [0.3, 0.4) is 0 Å². The number of halogens is 2. The number of esters is 1. The number of hydrogen-bond acceptors (Lipinski definition) is 8. The molecule has 2 atom stereocenters. The van der Waals surface area contributed by atoms with Gasteiger partial charge in [-0.3, -0.25) is 0 Å². The van der Waals surface area contributed by atoms with Gasteiger partial charge in [-0.05, 0) is 32.9 Å². The molecule has 0 saturated carbocycles. The fourth-order valence-corrected chi connectivity index (χ4v) is 2.88. The minimum absolute atomic E-state index is 0.0735. The summed E-state index contributed by atoms with van der Waals surface area (Å²) in [7, 11) is 0.999. The predicted octanol–water partition coefficient (Wildman–Crippen LogP) is 2.90. The molecule has 0 aliphatic carbocycles.